The van der Waals surface area contributed by atoms with Gasteiger partial charge in [0.2, 0.25) is 0 Å². The molecule has 1 amide bonds. The summed E-state index contributed by atoms with van der Waals surface area (Å²) in [5.74, 6) is -0.0450. The minimum atomic E-state index is -4.51. The van der Waals surface area contributed by atoms with Crippen molar-refractivity contribution in [2.45, 2.75) is 12.4 Å². The molecular weight excluding hydrogens is 438 g/mol. The molecule has 0 N–H and O–H groups in total. The highest BCUT2D eigenvalue weighted by Gasteiger charge is 2.33. The number of hydrogen-bond donors (Lipinski definition) is 0. The van der Waals surface area contributed by atoms with Gasteiger partial charge in [-0.15, -0.1) is 0 Å². The van der Waals surface area contributed by atoms with Crippen molar-refractivity contribution < 1.29 is 35.9 Å². The number of benzene rings is 2. The molecule has 1 aliphatic rings. The highest BCUT2D eigenvalue weighted by Crippen LogP contribution is 2.36. The number of rotatable bonds is 2. The fourth-order valence-corrected chi connectivity index (χ4v) is 3.18. The van der Waals surface area contributed by atoms with Crippen molar-refractivity contribution in [3.63, 3.8) is 0 Å². The molecule has 0 radical (unpaired) electrons. The monoisotopic (exact) mass is 452 g/mol. The van der Waals surface area contributed by atoms with Gasteiger partial charge in [-0.25, -0.2) is 4.79 Å². The Kier molecular flexibility index (Phi) is 6.07. The van der Waals surface area contributed by atoms with Gasteiger partial charge in [0.25, 0.3) is 0 Å². The average molecular weight is 453 g/mol. The molecule has 30 heavy (non-hydrogen) atoms. The van der Waals surface area contributed by atoms with E-state index in [1.54, 1.807) is 4.90 Å². The topological polar surface area (TPSA) is 32.8 Å². The fourth-order valence-electron chi connectivity index (χ4n) is 2.94. The number of carbonyl (C=O) groups is 1. The zero-order valence-corrected chi connectivity index (χ0v) is 16.0. The van der Waals surface area contributed by atoms with Crippen molar-refractivity contribution in [2.24, 2.45) is 0 Å². The number of amides is 1. The van der Waals surface area contributed by atoms with E-state index in [0.717, 1.165) is 36.4 Å². The first-order chi connectivity index (χ1) is 13.9. The second-order valence-electron chi connectivity index (χ2n) is 6.53. The van der Waals surface area contributed by atoms with Crippen molar-refractivity contribution in [3.05, 3.63) is 58.6 Å². The molecule has 162 valence electrons. The summed E-state index contributed by atoms with van der Waals surface area (Å²) < 4.78 is 81.6. The van der Waals surface area contributed by atoms with E-state index in [4.69, 9.17) is 16.3 Å². The van der Waals surface area contributed by atoms with Crippen molar-refractivity contribution in [1.29, 1.82) is 0 Å². The van der Waals surface area contributed by atoms with Crippen LogP contribution >= 0.6 is 11.6 Å². The van der Waals surface area contributed by atoms with Gasteiger partial charge in [0.1, 0.15) is 5.75 Å². The normalized spacial score (nSPS) is 15.3. The van der Waals surface area contributed by atoms with Crippen LogP contribution in [0.4, 0.5) is 36.8 Å². The molecule has 1 heterocycles. The Hall–Kier alpha value is -2.62. The van der Waals surface area contributed by atoms with E-state index in [9.17, 15) is 31.1 Å². The van der Waals surface area contributed by atoms with Crippen LogP contribution in [0, 0.1) is 0 Å². The first kappa shape index (κ1) is 22.1. The minimum Gasteiger partial charge on any atom is -0.410 e. The maximum Gasteiger partial charge on any atom is 0.416 e. The van der Waals surface area contributed by atoms with E-state index in [1.807, 2.05) is 0 Å². The molecule has 2 aromatic rings. The molecule has 11 heteroatoms. The maximum absolute atomic E-state index is 12.9. The van der Waals surface area contributed by atoms with Crippen LogP contribution in [0.2, 0.25) is 5.02 Å². The molecule has 0 aliphatic carbocycles. The summed E-state index contributed by atoms with van der Waals surface area (Å²) in [7, 11) is 0. The number of hydrogen-bond acceptors (Lipinski definition) is 3. The van der Waals surface area contributed by atoms with Crippen LogP contribution in [0.1, 0.15) is 11.1 Å². The van der Waals surface area contributed by atoms with E-state index in [2.05, 4.69) is 0 Å². The standard InChI is InChI=1S/C19H15ClF6N2O2/c20-15-6-3-13(19(24,25)26)11-16(15)27-7-9-28(10-8-27)17(29)30-14-4-1-12(2-5-14)18(21,22)23/h1-6,11H,7-10H2. The van der Waals surface area contributed by atoms with E-state index in [1.165, 1.54) is 11.0 Å². The molecule has 1 aliphatic heterocycles. The summed E-state index contributed by atoms with van der Waals surface area (Å²) in [5, 5.41) is 0.156. The van der Waals surface area contributed by atoms with Crippen LogP contribution in [0.5, 0.6) is 5.75 Å². The molecule has 3 rings (SSSR count). The van der Waals surface area contributed by atoms with E-state index < -0.39 is 29.6 Å². The van der Waals surface area contributed by atoms with Gasteiger partial charge in [-0.2, -0.15) is 26.3 Å². The first-order valence-electron chi connectivity index (χ1n) is 8.71. The SMILES string of the molecule is O=C(Oc1ccc(C(F)(F)F)cc1)N1CCN(c2cc(C(F)(F)F)ccc2Cl)CC1. The summed E-state index contributed by atoms with van der Waals surface area (Å²) in [6.45, 7) is 0.713. The lowest BCUT2D eigenvalue weighted by Crippen LogP contribution is -2.49. The van der Waals surface area contributed by atoms with Crippen molar-refractivity contribution >= 4 is 23.4 Å². The molecule has 0 unspecified atom stereocenters. The number of carbonyl (C=O) groups excluding carboxylic acids is 1. The maximum atomic E-state index is 12.9. The lowest BCUT2D eigenvalue weighted by molar-refractivity contribution is -0.138. The number of alkyl halides is 6. The van der Waals surface area contributed by atoms with E-state index >= 15 is 0 Å². The third kappa shape index (κ3) is 5.10. The summed E-state index contributed by atoms with van der Waals surface area (Å²) >= 11 is 6.04. The smallest absolute Gasteiger partial charge is 0.410 e. The third-order valence-electron chi connectivity index (χ3n) is 4.54. The Bertz CT molecular complexity index is 907. The Morgan fingerprint density at radius 3 is 1.90 bits per heavy atom. The first-order valence-corrected chi connectivity index (χ1v) is 9.08. The molecule has 0 atom stereocenters. The molecule has 0 saturated carbocycles. The van der Waals surface area contributed by atoms with Crippen LogP contribution < -0.4 is 9.64 Å². The van der Waals surface area contributed by atoms with Gasteiger partial charge in [-0.05, 0) is 42.5 Å². The van der Waals surface area contributed by atoms with Crippen LogP contribution in [-0.4, -0.2) is 37.2 Å². The molecule has 0 spiro atoms. The number of nitrogens with zero attached hydrogens (tertiary/aromatic N) is 2. The Balaban J connectivity index is 1.61. The third-order valence-corrected chi connectivity index (χ3v) is 4.86. The number of ether oxygens (including phenoxy) is 1. The minimum absolute atomic E-state index is 0.0450. The van der Waals surface area contributed by atoms with Crippen molar-refractivity contribution in [1.82, 2.24) is 4.90 Å². The summed E-state index contributed by atoms with van der Waals surface area (Å²) in [6.07, 6.45) is -9.76. The second kappa shape index (κ2) is 8.25. The summed E-state index contributed by atoms with van der Waals surface area (Å²) in [4.78, 5) is 15.2. The van der Waals surface area contributed by atoms with Crippen LogP contribution in [0.3, 0.4) is 0 Å². The van der Waals surface area contributed by atoms with Crippen LogP contribution in [-0.2, 0) is 12.4 Å². The number of anilines is 1. The summed E-state index contributed by atoms with van der Waals surface area (Å²) in [5.41, 5.74) is -1.48. The van der Waals surface area contributed by atoms with E-state index in [-0.39, 0.29) is 42.6 Å². The Morgan fingerprint density at radius 1 is 0.833 bits per heavy atom. The predicted molar refractivity (Wildman–Crippen MR) is 97.7 cm³/mol. The highest BCUT2D eigenvalue weighted by atomic mass is 35.5. The van der Waals surface area contributed by atoms with E-state index in [0.29, 0.717) is 0 Å². The van der Waals surface area contributed by atoms with Gasteiger partial charge < -0.3 is 14.5 Å². The van der Waals surface area contributed by atoms with Gasteiger partial charge in [0.05, 0.1) is 21.8 Å². The molecule has 1 fully saturated rings. The summed E-state index contributed by atoms with van der Waals surface area (Å²) in [6, 6.07) is 6.71. The van der Waals surface area contributed by atoms with Gasteiger partial charge >= 0.3 is 18.4 Å². The molecule has 4 nitrogen and oxygen atoms in total. The molecular formula is C19H15ClF6N2O2. The highest BCUT2D eigenvalue weighted by molar-refractivity contribution is 6.33. The average Bonchev–Trinajstić information content (AvgIpc) is 2.67. The van der Waals surface area contributed by atoms with Gasteiger partial charge in [-0.1, -0.05) is 11.6 Å². The molecule has 2 aromatic carbocycles. The molecule has 1 saturated heterocycles. The van der Waals surface area contributed by atoms with Gasteiger partial charge in [0.15, 0.2) is 0 Å². The molecule has 0 bridgehead atoms. The predicted octanol–water partition coefficient (Wildman–Crippen LogP) is 5.70. The number of piperazine rings is 1. The Labute approximate surface area is 172 Å². The fraction of sp³-hybridized carbons (Fsp3) is 0.316. The largest absolute Gasteiger partial charge is 0.416 e. The van der Waals surface area contributed by atoms with Crippen molar-refractivity contribution in [3.8, 4) is 5.75 Å². The second-order valence-corrected chi connectivity index (χ2v) is 6.94. The quantitative estimate of drug-likeness (QED) is 0.548. The van der Waals surface area contributed by atoms with Crippen LogP contribution in [0.15, 0.2) is 42.5 Å². The lowest BCUT2D eigenvalue weighted by Gasteiger charge is -2.36. The lowest BCUT2D eigenvalue weighted by atomic mass is 10.1. The van der Waals surface area contributed by atoms with Crippen molar-refractivity contribution in [2.75, 3.05) is 31.1 Å². The van der Waals surface area contributed by atoms with Gasteiger partial charge in [-0.3, -0.25) is 0 Å². The van der Waals surface area contributed by atoms with Crippen LogP contribution in [0.25, 0.3) is 0 Å². The van der Waals surface area contributed by atoms with Gasteiger partial charge in [0, 0.05) is 26.2 Å². The zero-order chi connectivity index (χ0) is 22.1. The molecule has 0 aromatic heterocycles. The number of halogens is 7. The Morgan fingerprint density at radius 2 is 1.37 bits per heavy atom. The zero-order valence-electron chi connectivity index (χ0n) is 15.2.